The van der Waals surface area contributed by atoms with E-state index in [0.717, 1.165) is 22.4 Å². The summed E-state index contributed by atoms with van der Waals surface area (Å²) in [5, 5.41) is 13.9. The molecule has 7 nitrogen and oxygen atoms in total. The molecule has 32 heavy (non-hydrogen) atoms. The Balaban J connectivity index is 1.53. The number of halogens is 1. The maximum Gasteiger partial charge on any atom is 0.250 e. The minimum Gasteiger partial charge on any atom is -0.272 e. The van der Waals surface area contributed by atoms with E-state index in [-0.39, 0.29) is 11.7 Å². The third-order valence-corrected chi connectivity index (χ3v) is 5.65. The molecule has 2 aromatic carbocycles. The average molecular weight is 463 g/mol. The van der Waals surface area contributed by atoms with Crippen LogP contribution in [0.1, 0.15) is 11.1 Å². The van der Waals surface area contributed by atoms with E-state index < -0.39 is 0 Å². The second kappa shape index (κ2) is 10.2. The fraction of sp³-hybridized carbons (Fsp3) is 0.0870. The van der Waals surface area contributed by atoms with E-state index >= 15 is 0 Å². The summed E-state index contributed by atoms with van der Waals surface area (Å²) in [5.74, 6) is 0.571. The van der Waals surface area contributed by atoms with Crippen molar-refractivity contribution in [1.29, 1.82) is 0 Å². The van der Waals surface area contributed by atoms with Crippen LogP contribution in [0.5, 0.6) is 0 Å². The van der Waals surface area contributed by atoms with Crippen LogP contribution in [0, 0.1) is 6.92 Å². The lowest BCUT2D eigenvalue weighted by molar-refractivity contribution is -0.118. The van der Waals surface area contributed by atoms with Gasteiger partial charge in [-0.2, -0.15) is 5.10 Å². The van der Waals surface area contributed by atoms with Gasteiger partial charge in [-0.1, -0.05) is 53.2 Å². The Bertz CT molecular complexity index is 1220. The number of aryl methyl sites for hydroxylation is 1. The van der Waals surface area contributed by atoms with Crippen molar-refractivity contribution in [3.63, 3.8) is 0 Å². The number of nitrogens with zero attached hydrogens (tertiary/aromatic N) is 5. The van der Waals surface area contributed by atoms with Gasteiger partial charge in [0.2, 0.25) is 0 Å². The monoisotopic (exact) mass is 462 g/mol. The first-order chi connectivity index (χ1) is 15.6. The fourth-order valence-corrected chi connectivity index (χ4v) is 3.74. The van der Waals surface area contributed by atoms with Crippen LogP contribution in [0.25, 0.3) is 17.1 Å². The van der Waals surface area contributed by atoms with Crippen molar-refractivity contribution < 1.29 is 4.79 Å². The number of hydrogen-bond acceptors (Lipinski definition) is 6. The molecule has 2 aromatic heterocycles. The number of benzene rings is 2. The van der Waals surface area contributed by atoms with E-state index in [1.807, 2.05) is 60.0 Å². The van der Waals surface area contributed by atoms with Gasteiger partial charge in [-0.05, 0) is 48.9 Å². The Morgan fingerprint density at radius 1 is 1.06 bits per heavy atom. The molecule has 4 rings (SSSR count). The fourth-order valence-electron chi connectivity index (χ4n) is 2.87. The highest BCUT2D eigenvalue weighted by atomic mass is 35.5. The van der Waals surface area contributed by atoms with Crippen molar-refractivity contribution in [2.75, 3.05) is 5.75 Å². The minimum absolute atomic E-state index is 0.132. The lowest BCUT2D eigenvalue weighted by Crippen LogP contribution is -2.20. The number of pyridine rings is 1. The van der Waals surface area contributed by atoms with Crippen LogP contribution in [0.3, 0.4) is 0 Å². The molecular weight excluding hydrogens is 444 g/mol. The summed E-state index contributed by atoms with van der Waals surface area (Å²) in [6, 6.07) is 19.1. The first-order valence-corrected chi connectivity index (χ1v) is 11.1. The average Bonchev–Trinajstić information content (AvgIpc) is 3.23. The molecule has 1 amide bonds. The Kier molecular flexibility index (Phi) is 6.94. The zero-order valence-corrected chi connectivity index (χ0v) is 18.7. The molecule has 0 unspecified atom stereocenters. The first-order valence-electron chi connectivity index (χ1n) is 9.73. The van der Waals surface area contributed by atoms with Gasteiger partial charge in [-0.25, -0.2) is 5.43 Å². The van der Waals surface area contributed by atoms with Crippen LogP contribution in [-0.2, 0) is 4.79 Å². The van der Waals surface area contributed by atoms with E-state index in [1.54, 1.807) is 30.7 Å². The Morgan fingerprint density at radius 2 is 1.78 bits per heavy atom. The first kappa shape index (κ1) is 21.7. The molecule has 0 saturated carbocycles. The Hall–Kier alpha value is -3.49. The number of carbonyl (C=O) groups excluding carboxylic acids is 1. The zero-order chi connectivity index (χ0) is 22.3. The summed E-state index contributed by atoms with van der Waals surface area (Å²) in [7, 11) is 0. The molecule has 0 aliphatic heterocycles. The molecule has 160 valence electrons. The van der Waals surface area contributed by atoms with Gasteiger partial charge >= 0.3 is 0 Å². The summed E-state index contributed by atoms with van der Waals surface area (Å²) in [6.45, 7) is 2.03. The highest BCUT2D eigenvalue weighted by molar-refractivity contribution is 7.99. The van der Waals surface area contributed by atoms with Gasteiger partial charge < -0.3 is 0 Å². The normalized spacial score (nSPS) is 11.1. The molecule has 4 aromatic rings. The van der Waals surface area contributed by atoms with Crippen LogP contribution < -0.4 is 5.43 Å². The van der Waals surface area contributed by atoms with Crippen LogP contribution in [0.15, 0.2) is 83.3 Å². The van der Waals surface area contributed by atoms with Gasteiger partial charge in [0.15, 0.2) is 11.0 Å². The van der Waals surface area contributed by atoms with Gasteiger partial charge in [0, 0.05) is 28.7 Å². The van der Waals surface area contributed by atoms with Crippen LogP contribution in [0.4, 0.5) is 0 Å². The molecule has 2 heterocycles. The topological polar surface area (TPSA) is 85.1 Å². The van der Waals surface area contributed by atoms with Crippen LogP contribution in [-0.4, -0.2) is 37.6 Å². The third-order valence-electron chi connectivity index (χ3n) is 4.47. The number of hydrogen-bond donors (Lipinski definition) is 1. The number of thioether (sulfide) groups is 1. The van der Waals surface area contributed by atoms with Gasteiger partial charge in [-0.3, -0.25) is 14.3 Å². The second-order valence-electron chi connectivity index (χ2n) is 6.85. The van der Waals surface area contributed by atoms with Crippen molar-refractivity contribution in [3.8, 4) is 17.1 Å². The minimum atomic E-state index is -0.247. The number of amides is 1. The smallest absolute Gasteiger partial charge is 0.250 e. The van der Waals surface area contributed by atoms with Crippen LogP contribution in [0.2, 0.25) is 5.02 Å². The predicted molar refractivity (Wildman–Crippen MR) is 127 cm³/mol. The van der Waals surface area contributed by atoms with Crippen molar-refractivity contribution in [3.05, 3.63) is 89.2 Å². The van der Waals surface area contributed by atoms with E-state index in [2.05, 4.69) is 25.7 Å². The number of aromatic nitrogens is 4. The molecule has 0 radical (unpaired) electrons. The van der Waals surface area contributed by atoms with E-state index in [1.165, 1.54) is 11.8 Å². The summed E-state index contributed by atoms with van der Waals surface area (Å²) < 4.78 is 1.92. The Labute approximate surface area is 194 Å². The molecular formula is C23H19ClN6OS. The SMILES string of the molecule is Cc1ccc(-c2nnc(SCC(=O)N/N=C/c3ccncc3)n2-c2ccc(Cl)cc2)cc1. The van der Waals surface area contributed by atoms with Crippen molar-refractivity contribution in [2.24, 2.45) is 5.10 Å². The van der Waals surface area contributed by atoms with Gasteiger partial charge in [0.1, 0.15) is 0 Å². The maximum atomic E-state index is 12.3. The van der Waals surface area contributed by atoms with Gasteiger partial charge in [-0.15, -0.1) is 10.2 Å². The van der Waals surface area contributed by atoms with Crippen molar-refractivity contribution in [2.45, 2.75) is 12.1 Å². The molecule has 1 N–H and O–H groups in total. The maximum absolute atomic E-state index is 12.3. The summed E-state index contributed by atoms with van der Waals surface area (Å²) in [6.07, 6.45) is 4.89. The summed E-state index contributed by atoms with van der Waals surface area (Å²) >= 11 is 7.35. The molecule has 0 bridgehead atoms. The molecule has 0 aliphatic rings. The van der Waals surface area contributed by atoms with Gasteiger partial charge in [0.25, 0.3) is 5.91 Å². The molecule has 0 saturated heterocycles. The predicted octanol–water partition coefficient (Wildman–Crippen LogP) is 4.53. The highest BCUT2D eigenvalue weighted by Gasteiger charge is 2.17. The molecule has 9 heteroatoms. The standard InChI is InChI=1S/C23H19ClN6OS/c1-16-2-4-18(5-3-16)22-28-29-23(30(22)20-8-6-19(24)7-9-20)32-15-21(31)27-26-14-17-10-12-25-13-11-17/h2-14H,15H2,1H3,(H,27,31)/b26-14+. The second-order valence-corrected chi connectivity index (χ2v) is 8.23. The molecule has 0 atom stereocenters. The summed E-state index contributed by atoms with van der Waals surface area (Å²) in [5.41, 5.74) is 6.31. The molecule has 0 aliphatic carbocycles. The van der Waals surface area contributed by atoms with Gasteiger partial charge in [0.05, 0.1) is 12.0 Å². The van der Waals surface area contributed by atoms with Crippen molar-refractivity contribution in [1.82, 2.24) is 25.2 Å². The number of rotatable bonds is 7. The quantitative estimate of drug-likeness (QED) is 0.248. The number of carbonyl (C=O) groups is 1. The van der Waals surface area contributed by atoms with E-state index in [0.29, 0.717) is 16.0 Å². The Morgan fingerprint density at radius 3 is 2.50 bits per heavy atom. The lowest BCUT2D eigenvalue weighted by atomic mass is 10.1. The summed E-state index contributed by atoms with van der Waals surface area (Å²) in [4.78, 5) is 16.2. The largest absolute Gasteiger partial charge is 0.272 e. The lowest BCUT2D eigenvalue weighted by Gasteiger charge is -2.10. The molecule has 0 spiro atoms. The third kappa shape index (κ3) is 5.40. The van der Waals surface area contributed by atoms with E-state index in [4.69, 9.17) is 11.6 Å². The number of hydrazone groups is 1. The van der Waals surface area contributed by atoms with Crippen molar-refractivity contribution >= 4 is 35.5 Å². The molecule has 0 fully saturated rings. The highest BCUT2D eigenvalue weighted by Crippen LogP contribution is 2.28. The number of nitrogens with one attached hydrogen (secondary N) is 1. The van der Waals surface area contributed by atoms with E-state index in [9.17, 15) is 4.79 Å². The van der Waals surface area contributed by atoms with Crippen LogP contribution >= 0.6 is 23.4 Å². The zero-order valence-electron chi connectivity index (χ0n) is 17.1.